The number of ether oxygens (including phenoxy) is 1. The second-order valence-corrected chi connectivity index (χ2v) is 16.3. The van der Waals surface area contributed by atoms with Crippen LogP contribution in [-0.2, 0) is 23.9 Å². The quantitative estimate of drug-likeness (QED) is 0.348. The fourth-order valence-corrected chi connectivity index (χ4v) is 11.0. The van der Waals surface area contributed by atoms with Gasteiger partial charge in [0.05, 0.1) is 18.3 Å². The highest BCUT2D eigenvalue weighted by Crippen LogP contribution is 2.75. The number of aliphatic carboxylic acids is 2. The zero-order valence-corrected chi connectivity index (χ0v) is 26.1. The van der Waals surface area contributed by atoms with Crippen molar-refractivity contribution in [3.63, 3.8) is 0 Å². The number of ketones is 1. The summed E-state index contributed by atoms with van der Waals surface area (Å²) >= 11 is 0. The molecule has 5 rings (SSSR count). The predicted octanol–water partition coefficient (Wildman–Crippen LogP) is 6.83. The molecule has 5 aliphatic carbocycles. The molecule has 41 heavy (non-hydrogen) atoms. The second-order valence-electron chi connectivity index (χ2n) is 16.3. The minimum absolute atomic E-state index is 0.0233. The summed E-state index contributed by atoms with van der Waals surface area (Å²) < 4.78 is 5.91. The van der Waals surface area contributed by atoms with Crippen LogP contribution < -0.4 is 0 Å². The van der Waals surface area contributed by atoms with Crippen molar-refractivity contribution < 1.29 is 34.1 Å². The Bertz CT molecular complexity index is 1200. The number of rotatable bonds is 5. The third-order valence-corrected chi connectivity index (χ3v) is 13.8. The molecule has 2 N–H and O–H groups in total. The van der Waals surface area contributed by atoms with Gasteiger partial charge in [-0.1, -0.05) is 47.1 Å². The minimum atomic E-state index is -1.01. The van der Waals surface area contributed by atoms with E-state index in [0.29, 0.717) is 19.3 Å². The smallest absolute Gasteiger partial charge is 0.309 e. The molecule has 7 heteroatoms. The molecule has 0 aromatic heterocycles. The summed E-state index contributed by atoms with van der Waals surface area (Å²) in [5.74, 6) is -1.87. The summed E-state index contributed by atoms with van der Waals surface area (Å²) in [5, 5.41) is 19.1. The maximum absolute atomic E-state index is 14.5. The van der Waals surface area contributed by atoms with Gasteiger partial charge in [-0.25, -0.2) is 0 Å². The van der Waals surface area contributed by atoms with E-state index in [4.69, 9.17) is 9.84 Å². The number of carbonyl (C=O) groups is 4. The van der Waals surface area contributed by atoms with E-state index in [1.165, 1.54) is 5.57 Å². The van der Waals surface area contributed by atoms with E-state index >= 15 is 0 Å². The fraction of sp³-hybridized carbons (Fsp3) is 0.824. The van der Waals surface area contributed by atoms with Crippen LogP contribution >= 0.6 is 0 Å². The Morgan fingerprint density at radius 2 is 1.54 bits per heavy atom. The van der Waals surface area contributed by atoms with Crippen LogP contribution in [0.4, 0.5) is 0 Å². The Labute approximate surface area is 244 Å². The van der Waals surface area contributed by atoms with Crippen LogP contribution in [-0.4, -0.2) is 40.0 Å². The van der Waals surface area contributed by atoms with Gasteiger partial charge in [0, 0.05) is 11.3 Å². The van der Waals surface area contributed by atoms with Gasteiger partial charge in [0.1, 0.15) is 6.10 Å². The Morgan fingerprint density at radius 1 is 0.878 bits per heavy atom. The van der Waals surface area contributed by atoms with Gasteiger partial charge in [-0.15, -0.1) is 0 Å². The first-order chi connectivity index (χ1) is 18.8. The molecule has 0 unspecified atom stereocenters. The van der Waals surface area contributed by atoms with E-state index in [1.807, 2.05) is 13.0 Å². The van der Waals surface area contributed by atoms with E-state index in [9.17, 15) is 24.3 Å². The Hall–Kier alpha value is -2.18. The number of carbonyl (C=O) groups excluding carboxylic acids is 2. The van der Waals surface area contributed by atoms with E-state index < -0.39 is 23.3 Å². The lowest BCUT2D eigenvalue weighted by Gasteiger charge is -2.70. The lowest BCUT2D eigenvalue weighted by Crippen LogP contribution is -2.66. The molecule has 7 nitrogen and oxygen atoms in total. The van der Waals surface area contributed by atoms with Crippen molar-refractivity contribution in [3.05, 3.63) is 11.6 Å². The van der Waals surface area contributed by atoms with E-state index in [2.05, 4.69) is 41.5 Å². The van der Waals surface area contributed by atoms with Crippen molar-refractivity contribution >= 4 is 23.7 Å². The Morgan fingerprint density at radius 3 is 2.17 bits per heavy atom. The third kappa shape index (κ3) is 4.25. The van der Waals surface area contributed by atoms with Gasteiger partial charge >= 0.3 is 17.9 Å². The van der Waals surface area contributed by atoms with Gasteiger partial charge in [-0.2, -0.15) is 0 Å². The van der Waals surface area contributed by atoms with Crippen LogP contribution in [0.5, 0.6) is 0 Å². The van der Waals surface area contributed by atoms with Crippen LogP contribution in [0.3, 0.4) is 0 Å². The summed E-state index contributed by atoms with van der Waals surface area (Å²) in [4.78, 5) is 50.3. The molecule has 228 valence electrons. The summed E-state index contributed by atoms with van der Waals surface area (Å²) in [6.07, 6.45) is 8.80. The molecule has 0 aromatic carbocycles. The number of fused-ring (bicyclic) bond motifs is 7. The monoisotopic (exact) mass is 570 g/mol. The normalized spacial score (nSPS) is 46.6. The summed E-state index contributed by atoms with van der Waals surface area (Å²) in [5.41, 5.74) is -0.553. The maximum atomic E-state index is 14.5. The summed E-state index contributed by atoms with van der Waals surface area (Å²) in [6.45, 7) is 15.5. The molecule has 0 amide bonds. The van der Waals surface area contributed by atoms with Crippen LogP contribution in [0.1, 0.15) is 119 Å². The minimum Gasteiger partial charge on any atom is -0.481 e. The summed E-state index contributed by atoms with van der Waals surface area (Å²) in [7, 11) is 0. The van der Waals surface area contributed by atoms with E-state index in [1.54, 1.807) is 0 Å². The zero-order valence-electron chi connectivity index (χ0n) is 26.1. The van der Waals surface area contributed by atoms with Gasteiger partial charge in [0.25, 0.3) is 0 Å². The van der Waals surface area contributed by atoms with E-state index in [-0.39, 0.29) is 69.6 Å². The SMILES string of the molecule is CC1(C)[C@@H](OC(=O)CCC(=O)O)CC[C@@]2(C)[C@@H]1CC[C@]1(C)[C@@H]2C(=O)C=C2[C@H]3C[C@](C)(C(=O)O)CC[C@]3(C)CC[C@]21C. The molecule has 0 radical (unpaired) electrons. The molecule has 0 bridgehead atoms. The highest BCUT2D eigenvalue weighted by Gasteiger charge is 2.70. The highest BCUT2D eigenvalue weighted by molar-refractivity contribution is 5.95. The molecule has 4 fully saturated rings. The van der Waals surface area contributed by atoms with Gasteiger partial charge in [-0.05, 0) is 104 Å². The van der Waals surface area contributed by atoms with Crippen molar-refractivity contribution in [2.45, 2.75) is 125 Å². The first-order valence-electron chi connectivity index (χ1n) is 15.7. The second kappa shape index (κ2) is 9.41. The van der Waals surface area contributed by atoms with Crippen LogP contribution in [0.2, 0.25) is 0 Å². The molecular weight excluding hydrogens is 520 g/mol. The van der Waals surface area contributed by atoms with Gasteiger partial charge in [-0.3, -0.25) is 19.2 Å². The number of hydrogen-bond acceptors (Lipinski definition) is 5. The highest BCUT2D eigenvalue weighted by atomic mass is 16.5. The van der Waals surface area contributed by atoms with Crippen molar-refractivity contribution in [2.24, 2.45) is 50.2 Å². The first kappa shape index (κ1) is 30.3. The molecule has 4 saturated carbocycles. The average Bonchev–Trinajstić information content (AvgIpc) is 2.86. The molecule has 0 saturated heterocycles. The molecule has 9 atom stereocenters. The molecule has 5 aliphatic rings. The fourth-order valence-electron chi connectivity index (χ4n) is 11.0. The largest absolute Gasteiger partial charge is 0.481 e. The maximum Gasteiger partial charge on any atom is 0.309 e. The van der Waals surface area contributed by atoms with E-state index in [0.717, 1.165) is 38.5 Å². The van der Waals surface area contributed by atoms with Crippen molar-refractivity contribution in [3.8, 4) is 0 Å². The zero-order chi connectivity index (χ0) is 30.4. The van der Waals surface area contributed by atoms with Crippen molar-refractivity contribution in [1.29, 1.82) is 0 Å². The van der Waals surface area contributed by atoms with Crippen molar-refractivity contribution in [1.82, 2.24) is 0 Å². The number of carboxylic acid groups (broad SMARTS) is 2. The molecular formula is C34H50O7. The average molecular weight is 571 g/mol. The van der Waals surface area contributed by atoms with Gasteiger partial charge in [0.15, 0.2) is 5.78 Å². The lowest BCUT2D eigenvalue weighted by molar-refractivity contribution is -0.211. The molecule has 0 aromatic rings. The number of allylic oxidation sites excluding steroid dienone is 2. The van der Waals surface area contributed by atoms with Gasteiger partial charge < -0.3 is 14.9 Å². The Kier molecular flexibility index (Phi) is 6.95. The van der Waals surface area contributed by atoms with Crippen molar-refractivity contribution in [2.75, 3.05) is 0 Å². The van der Waals surface area contributed by atoms with Crippen LogP contribution in [0.15, 0.2) is 11.6 Å². The Balaban J connectivity index is 1.49. The summed E-state index contributed by atoms with van der Waals surface area (Å²) in [6, 6.07) is 0. The number of esters is 1. The standard InChI is InChI=1S/C34H50O7/c1-29(2)23-10-13-34(7)27(32(23,5)12-11-24(29)41-26(38)9-8-25(36)37)22(35)18-20-21-19-31(4,28(39)40)15-14-30(21,3)16-17-33(20,34)6/h18,21,23-24,27H,8-17,19H2,1-7H3,(H,36,37)(H,39,40)/t21-,23-,24+,27-,30-,31-,32+,33-,34-/m1/s1. The first-order valence-corrected chi connectivity index (χ1v) is 15.7. The third-order valence-electron chi connectivity index (χ3n) is 13.8. The molecule has 0 aliphatic heterocycles. The molecule has 0 spiro atoms. The number of carboxylic acids is 2. The van der Waals surface area contributed by atoms with Crippen LogP contribution in [0.25, 0.3) is 0 Å². The lowest BCUT2D eigenvalue weighted by atomic mass is 9.33. The topological polar surface area (TPSA) is 118 Å². The van der Waals surface area contributed by atoms with Crippen LogP contribution in [0, 0.1) is 50.2 Å². The number of hydrogen-bond donors (Lipinski definition) is 2. The van der Waals surface area contributed by atoms with Gasteiger partial charge in [0.2, 0.25) is 0 Å². The predicted molar refractivity (Wildman–Crippen MR) is 154 cm³/mol. The molecule has 0 heterocycles.